The van der Waals surface area contributed by atoms with E-state index in [1.165, 1.54) is 17.7 Å². The molecule has 0 amide bonds. The first-order valence-electron chi connectivity index (χ1n) is 7.71. The van der Waals surface area contributed by atoms with Gasteiger partial charge in [0.25, 0.3) is 0 Å². The second kappa shape index (κ2) is 6.36. The number of anilines is 1. The van der Waals surface area contributed by atoms with Crippen molar-refractivity contribution in [3.63, 3.8) is 0 Å². The summed E-state index contributed by atoms with van der Waals surface area (Å²) in [4.78, 5) is 2.41. The van der Waals surface area contributed by atoms with Gasteiger partial charge in [-0.2, -0.15) is 0 Å². The number of hydrogen-bond donors (Lipinski definition) is 1. The first kappa shape index (κ1) is 15.7. The summed E-state index contributed by atoms with van der Waals surface area (Å²) in [7, 11) is 0. The minimum absolute atomic E-state index is 0.358. The minimum atomic E-state index is 0.358. The molecule has 0 bridgehead atoms. The Bertz CT molecular complexity index is 456. The molecule has 0 aromatic heterocycles. The standard InChI is InChI=1S/C17H27ClN2/c1-5-9-19-13(2)14-6-7-16(15(18)11-14)20-10-8-17(3,4)12-20/h6-7,11,13,19H,5,8-10,12H2,1-4H3. The maximum atomic E-state index is 6.51. The van der Waals surface area contributed by atoms with Crippen molar-refractivity contribution >= 4 is 17.3 Å². The molecule has 1 aliphatic heterocycles. The molecule has 112 valence electrons. The topological polar surface area (TPSA) is 15.3 Å². The third kappa shape index (κ3) is 3.67. The Kier molecular flexibility index (Phi) is 4.98. The quantitative estimate of drug-likeness (QED) is 0.851. The second-order valence-electron chi connectivity index (χ2n) is 6.72. The fraction of sp³-hybridized carbons (Fsp3) is 0.647. The van der Waals surface area contributed by atoms with E-state index < -0.39 is 0 Å². The maximum Gasteiger partial charge on any atom is 0.0642 e. The van der Waals surface area contributed by atoms with Gasteiger partial charge in [-0.3, -0.25) is 0 Å². The van der Waals surface area contributed by atoms with Crippen LogP contribution in [-0.4, -0.2) is 19.6 Å². The molecule has 1 heterocycles. The van der Waals surface area contributed by atoms with Crippen molar-refractivity contribution in [3.8, 4) is 0 Å². The van der Waals surface area contributed by atoms with Crippen LogP contribution in [0.2, 0.25) is 5.02 Å². The number of benzene rings is 1. The smallest absolute Gasteiger partial charge is 0.0642 e. The Labute approximate surface area is 128 Å². The molecule has 20 heavy (non-hydrogen) atoms. The van der Waals surface area contributed by atoms with E-state index in [-0.39, 0.29) is 0 Å². The van der Waals surface area contributed by atoms with E-state index in [4.69, 9.17) is 11.6 Å². The molecule has 0 radical (unpaired) electrons. The van der Waals surface area contributed by atoms with Gasteiger partial charge in [-0.25, -0.2) is 0 Å². The molecular formula is C17H27ClN2. The summed E-state index contributed by atoms with van der Waals surface area (Å²) in [5.74, 6) is 0. The fourth-order valence-corrected chi connectivity index (χ4v) is 3.15. The molecule has 1 fully saturated rings. The van der Waals surface area contributed by atoms with Crippen molar-refractivity contribution in [2.75, 3.05) is 24.5 Å². The zero-order valence-electron chi connectivity index (χ0n) is 13.2. The zero-order valence-corrected chi connectivity index (χ0v) is 13.9. The number of halogens is 1. The Morgan fingerprint density at radius 1 is 1.40 bits per heavy atom. The molecule has 0 saturated carbocycles. The molecule has 1 N–H and O–H groups in total. The molecule has 1 aromatic rings. The van der Waals surface area contributed by atoms with Crippen LogP contribution in [-0.2, 0) is 0 Å². The van der Waals surface area contributed by atoms with E-state index in [9.17, 15) is 0 Å². The molecule has 1 aliphatic rings. The Morgan fingerprint density at radius 3 is 2.70 bits per heavy atom. The molecule has 1 aromatic carbocycles. The predicted molar refractivity (Wildman–Crippen MR) is 88.8 cm³/mol. The van der Waals surface area contributed by atoms with Crippen LogP contribution in [0.5, 0.6) is 0 Å². The van der Waals surface area contributed by atoms with Gasteiger partial charge in [-0.05, 0) is 49.4 Å². The highest BCUT2D eigenvalue weighted by Gasteiger charge is 2.30. The normalized spacial score (nSPS) is 19.4. The van der Waals surface area contributed by atoms with Gasteiger partial charge >= 0.3 is 0 Å². The first-order valence-corrected chi connectivity index (χ1v) is 8.08. The molecule has 2 nitrogen and oxygen atoms in total. The lowest BCUT2D eigenvalue weighted by molar-refractivity contribution is 0.418. The summed E-state index contributed by atoms with van der Waals surface area (Å²) in [6.45, 7) is 12.3. The van der Waals surface area contributed by atoms with Crippen LogP contribution in [0.1, 0.15) is 52.1 Å². The predicted octanol–water partition coefficient (Wildman–Crippen LogP) is 4.64. The van der Waals surface area contributed by atoms with E-state index in [2.05, 4.69) is 56.1 Å². The van der Waals surface area contributed by atoms with Crippen molar-refractivity contribution < 1.29 is 0 Å². The molecular weight excluding hydrogens is 268 g/mol. The van der Waals surface area contributed by atoms with Crippen LogP contribution in [0.3, 0.4) is 0 Å². The van der Waals surface area contributed by atoms with Gasteiger partial charge in [0, 0.05) is 19.1 Å². The van der Waals surface area contributed by atoms with Gasteiger partial charge in [0.1, 0.15) is 0 Å². The van der Waals surface area contributed by atoms with Crippen LogP contribution >= 0.6 is 11.6 Å². The largest absolute Gasteiger partial charge is 0.370 e. The number of nitrogens with one attached hydrogen (secondary N) is 1. The van der Waals surface area contributed by atoms with Crippen LogP contribution in [0.4, 0.5) is 5.69 Å². The van der Waals surface area contributed by atoms with Crippen molar-refractivity contribution in [1.29, 1.82) is 0 Å². The van der Waals surface area contributed by atoms with E-state index in [1.54, 1.807) is 0 Å². The number of hydrogen-bond acceptors (Lipinski definition) is 2. The SMILES string of the molecule is CCCNC(C)c1ccc(N2CCC(C)(C)C2)c(Cl)c1. The molecule has 0 spiro atoms. The summed E-state index contributed by atoms with van der Waals surface area (Å²) in [6.07, 6.45) is 2.39. The van der Waals surface area contributed by atoms with E-state index >= 15 is 0 Å². The van der Waals surface area contributed by atoms with Crippen molar-refractivity contribution in [1.82, 2.24) is 5.32 Å². The van der Waals surface area contributed by atoms with Crippen molar-refractivity contribution in [3.05, 3.63) is 28.8 Å². The summed E-state index contributed by atoms with van der Waals surface area (Å²) in [6, 6.07) is 6.87. The van der Waals surface area contributed by atoms with Crippen LogP contribution in [0.25, 0.3) is 0 Å². The summed E-state index contributed by atoms with van der Waals surface area (Å²) in [5.41, 5.74) is 2.85. The molecule has 1 unspecified atom stereocenters. The highest BCUT2D eigenvalue weighted by atomic mass is 35.5. The zero-order chi connectivity index (χ0) is 14.8. The van der Waals surface area contributed by atoms with Gasteiger partial charge in [0.05, 0.1) is 10.7 Å². The summed E-state index contributed by atoms with van der Waals surface area (Å²) in [5, 5.41) is 4.39. The third-order valence-corrected chi connectivity index (χ3v) is 4.49. The molecule has 0 aliphatic carbocycles. The van der Waals surface area contributed by atoms with Crippen LogP contribution in [0, 0.1) is 5.41 Å². The van der Waals surface area contributed by atoms with Crippen molar-refractivity contribution in [2.45, 2.75) is 46.6 Å². The Morgan fingerprint density at radius 2 is 2.15 bits per heavy atom. The van der Waals surface area contributed by atoms with Gasteiger partial charge in [-0.15, -0.1) is 0 Å². The van der Waals surface area contributed by atoms with Crippen LogP contribution < -0.4 is 10.2 Å². The van der Waals surface area contributed by atoms with Gasteiger partial charge in [0.2, 0.25) is 0 Å². The monoisotopic (exact) mass is 294 g/mol. The van der Waals surface area contributed by atoms with Crippen LogP contribution in [0.15, 0.2) is 18.2 Å². The second-order valence-corrected chi connectivity index (χ2v) is 7.13. The molecule has 3 heteroatoms. The highest BCUT2D eigenvalue weighted by molar-refractivity contribution is 6.33. The van der Waals surface area contributed by atoms with Gasteiger partial charge in [0.15, 0.2) is 0 Å². The summed E-state index contributed by atoms with van der Waals surface area (Å²) >= 11 is 6.51. The molecule has 1 atom stereocenters. The molecule has 1 saturated heterocycles. The lowest BCUT2D eigenvalue weighted by Gasteiger charge is -2.23. The lowest BCUT2D eigenvalue weighted by atomic mass is 9.93. The fourth-order valence-electron chi connectivity index (χ4n) is 2.85. The van der Waals surface area contributed by atoms with E-state index in [1.807, 2.05) is 0 Å². The summed E-state index contributed by atoms with van der Waals surface area (Å²) < 4.78 is 0. The molecule has 2 rings (SSSR count). The number of rotatable bonds is 5. The maximum absolute atomic E-state index is 6.51. The van der Waals surface area contributed by atoms with E-state index in [0.717, 1.165) is 31.1 Å². The Balaban J connectivity index is 2.10. The minimum Gasteiger partial charge on any atom is -0.370 e. The van der Waals surface area contributed by atoms with Crippen molar-refractivity contribution in [2.24, 2.45) is 5.41 Å². The van der Waals surface area contributed by atoms with Gasteiger partial charge in [-0.1, -0.05) is 38.4 Å². The lowest BCUT2D eigenvalue weighted by Crippen LogP contribution is -2.23. The first-order chi connectivity index (χ1) is 9.43. The number of nitrogens with zero attached hydrogens (tertiary/aromatic N) is 1. The van der Waals surface area contributed by atoms with E-state index in [0.29, 0.717) is 11.5 Å². The average molecular weight is 295 g/mol. The Hall–Kier alpha value is -0.730. The van der Waals surface area contributed by atoms with Gasteiger partial charge < -0.3 is 10.2 Å². The highest BCUT2D eigenvalue weighted by Crippen LogP contribution is 2.36. The average Bonchev–Trinajstić information content (AvgIpc) is 2.76. The third-order valence-electron chi connectivity index (χ3n) is 4.19.